The van der Waals surface area contributed by atoms with E-state index in [4.69, 9.17) is 14.2 Å². The summed E-state index contributed by atoms with van der Waals surface area (Å²) in [7, 11) is 0. The van der Waals surface area contributed by atoms with Gasteiger partial charge in [-0.05, 0) is 79.9 Å². The number of aliphatic hydroxyl groups excluding tert-OH is 6. The lowest BCUT2D eigenvalue weighted by Gasteiger charge is -2.46. The molecule has 20 nitrogen and oxygen atoms in total. The summed E-state index contributed by atoms with van der Waals surface area (Å²) in [6.45, 7) is 5.33. The van der Waals surface area contributed by atoms with Crippen LogP contribution in [0.2, 0.25) is 0 Å². The monoisotopic (exact) mass is 903 g/mol. The number of aromatic nitrogens is 1. The SMILES string of the molecule is CC(=O)NC1C(Oc2ccc(-c3cc(C(=O)N(CC(=O)NC(C)(C)C)C4OC(CO)C(O)C(O)C4NC(C)=O)c4ncccc4c3)cc2-c2cccc(C(=O)O)c2)OC(CO)C(O)C1O. The van der Waals surface area contributed by atoms with Crippen LogP contribution in [0.3, 0.4) is 0 Å². The molecule has 2 aliphatic rings. The number of amides is 4. The summed E-state index contributed by atoms with van der Waals surface area (Å²) in [6.07, 6.45) is -11.1. The molecule has 10 atom stereocenters. The fraction of sp³-hybridized carbons (Fsp3) is 0.422. The van der Waals surface area contributed by atoms with E-state index in [1.54, 1.807) is 57.2 Å². The molecular weight excluding hydrogens is 851 g/mol. The summed E-state index contributed by atoms with van der Waals surface area (Å²) in [5.41, 5.74) is 0.701. The lowest BCUT2D eigenvalue weighted by molar-refractivity contribution is -0.244. The summed E-state index contributed by atoms with van der Waals surface area (Å²) in [4.78, 5) is 71.0. The van der Waals surface area contributed by atoms with Crippen LogP contribution in [-0.2, 0) is 23.9 Å². The molecule has 6 rings (SSSR count). The van der Waals surface area contributed by atoms with Crippen LogP contribution < -0.4 is 20.7 Å². The fourth-order valence-electron chi connectivity index (χ4n) is 7.88. The van der Waals surface area contributed by atoms with Gasteiger partial charge in [-0.15, -0.1) is 0 Å². The van der Waals surface area contributed by atoms with Gasteiger partial charge < -0.3 is 70.8 Å². The van der Waals surface area contributed by atoms with Crippen molar-refractivity contribution in [2.45, 2.75) is 101 Å². The molecule has 0 spiro atoms. The molecule has 10 N–H and O–H groups in total. The minimum Gasteiger partial charge on any atom is -0.478 e. The lowest BCUT2D eigenvalue weighted by Crippen LogP contribution is -2.69. The highest BCUT2D eigenvalue weighted by molar-refractivity contribution is 6.08. The summed E-state index contributed by atoms with van der Waals surface area (Å²) in [6, 6.07) is 14.4. The Labute approximate surface area is 372 Å². The second-order valence-electron chi connectivity index (χ2n) is 16.9. The number of nitrogens with one attached hydrogen (secondary N) is 3. The number of fused-ring (bicyclic) bond motifs is 1. The highest BCUT2D eigenvalue weighted by atomic mass is 16.7. The molecule has 3 aromatic carbocycles. The van der Waals surface area contributed by atoms with Crippen LogP contribution in [-0.4, -0.2) is 162 Å². The number of rotatable bonds is 13. The van der Waals surface area contributed by atoms with E-state index >= 15 is 4.79 Å². The van der Waals surface area contributed by atoms with Crippen molar-refractivity contribution in [2.24, 2.45) is 0 Å². The van der Waals surface area contributed by atoms with Crippen molar-refractivity contribution in [3.05, 3.63) is 84.1 Å². The van der Waals surface area contributed by atoms with Gasteiger partial charge in [-0.2, -0.15) is 0 Å². The summed E-state index contributed by atoms with van der Waals surface area (Å²) in [5, 5.41) is 81.8. The van der Waals surface area contributed by atoms with E-state index < -0.39 is 116 Å². The van der Waals surface area contributed by atoms with Crippen LogP contribution in [0.25, 0.3) is 33.2 Å². The van der Waals surface area contributed by atoms with E-state index in [-0.39, 0.29) is 28.0 Å². The molecule has 1 aromatic heterocycles. The number of carboxylic acid groups (broad SMARTS) is 1. The Morgan fingerprint density at radius 1 is 0.754 bits per heavy atom. The molecule has 65 heavy (non-hydrogen) atoms. The molecule has 0 aliphatic carbocycles. The van der Waals surface area contributed by atoms with E-state index in [0.29, 0.717) is 22.1 Å². The first kappa shape index (κ1) is 48.4. The van der Waals surface area contributed by atoms with Crippen molar-refractivity contribution >= 4 is 40.5 Å². The van der Waals surface area contributed by atoms with Gasteiger partial charge in [0.25, 0.3) is 5.91 Å². The molecule has 3 heterocycles. The molecule has 4 aromatic rings. The molecule has 2 aliphatic heterocycles. The van der Waals surface area contributed by atoms with Crippen LogP contribution in [0.4, 0.5) is 0 Å². The van der Waals surface area contributed by atoms with Crippen LogP contribution in [0.1, 0.15) is 55.3 Å². The van der Waals surface area contributed by atoms with Gasteiger partial charge in [-0.25, -0.2) is 4.79 Å². The number of hydrogen-bond donors (Lipinski definition) is 10. The average Bonchev–Trinajstić information content (AvgIpc) is 3.25. The first-order chi connectivity index (χ1) is 30.7. The Hall–Kier alpha value is -6.10. The number of pyridine rings is 1. The molecule has 20 heteroatoms. The zero-order valence-corrected chi connectivity index (χ0v) is 36.1. The second kappa shape index (κ2) is 20.0. The smallest absolute Gasteiger partial charge is 0.335 e. The number of carbonyl (C=O) groups is 5. The number of aromatic carboxylic acids is 1. The summed E-state index contributed by atoms with van der Waals surface area (Å²) >= 11 is 0. The van der Waals surface area contributed by atoms with Crippen molar-refractivity contribution < 1.29 is 73.9 Å². The van der Waals surface area contributed by atoms with Crippen molar-refractivity contribution in [1.29, 1.82) is 0 Å². The fourth-order valence-corrected chi connectivity index (χ4v) is 7.88. The molecule has 10 unspecified atom stereocenters. The predicted molar refractivity (Wildman–Crippen MR) is 230 cm³/mol. The van der Waals surface area contributed by atoms with Gasteiger partial charge in [-0.1, -0.05) is 24.3 Å². The third kappa shape index (κ3) is 10.9. The van der Waals surface area contributed by atoms with Crippen molar-refractivity contribution in [1.82, 2.24) is 25.8 Å². The van der Waals surface area contributed by atoms with Crippen LogP contribution in [0, 0.1) is 0 Å². The number of nitrogens with zero attached hydrogens (tertiary/aromatic N) is 2. The Morgan fingerprint density at radius 3 is 2.03 bits per heavy atom. The topological polar surface area (TPSA) is 307 Å². The standard InChI is InChI=1S/C45H53N5O15/c1-21(53)47-35-39(58)37(56)31(19-51)63-42(35)50(18-33(55)49-45(3,4)5)41(60)29-17-27(15-25-10-7-13-46-34(25)29)23-11-12-30(28(16-23)24-8-6-9-26(14-24)43(61)62)64-44-36(48-22(2)54)40(59)38(57)32(20-52)65-44/h6-17,31-32,35-40,42,44,51-52,56-59H,18-20H2,1-5H3,(H,47,53)(H,48,54)(H,49,55)(H,61,62). The number of carboxylic acids is 1. The third-order valence-corrected chi connectivity index (χ3v) is 10.8. The lowest BCUT2D eigenvalue weighted by atomic mass is 9.93. The molecule has 2 fully saturated rings. The highest BCUT2D eigenvalue weighted by Crippen LogP contribution is 2.39. The quantitative estimate of drug-likeness (QED) is 0.0837. The Kier molecular flexibility index (Phi) is 14.9. The van der Waals surface area contributed by atoms with Gasteiger partial charge in [0.15, 0.2) is 6.23 Å². The van der Waals surface area contributed by atoms with E-state index in [1.165, 1.54) is 43.5 Å². The van der Waals surface area contributed by atoms with Crippen molar-refractivity contribution in [2.75, 3.05) is 19.8 Å². The molecule has 2 saturated heterocycles. The molecule has 0 bridgehead atoms. The third-order valence-electron chi connectivity index (χ3n) is 10.8. The predicted octanol–water partition coefficient (Wildman–Crippen LogP) is -0.110. The van der Waals surface area contributed by atoms with Crippen molar-refractivity contribution in [3.8, 4) is 28.0 Å². The van der Waals surface area contributed by atoms with E-state index in [1.807, 2.05) is 0 Å². The molecule has 4 amide bonds. The highest BCUT2D eigenvalue weighted by Gasteiger charge is 2.49. The van der Waals surface area contributed by atoms with Gasteiger partial charge >= 0.3 is 5.97 Å². The van der Waals surface area contributed by atoms with Gasteiger partial charge in [0.05, 0.1) is 29.9 Å². The average molecular weight is 904 g/mol. The summed E-state index contributed by atoms with van der Waals surface area (Å²) in [5.74, 6) is -3.91. The maximum absolute atomic E-state index is 15.2. The Bertz CT molecular complexity index is 2430. The van der Waals surface area contributed by atoms with E-state index in [0.717, 1.165) is 11.8 Å². The largest absolute Gasteiger partial charge is 0.478 e. The zero-order chi connectivity index (χ0) is 47.5. The first-order valence-electron chi connectivity index (χ1n) is 20.7. The van der Waals surface area contributed by atoms with Gasteiger partial charge in [0, 0.05) is 36.5 Å². The van der Waals surface area contributed by atoms with Crippen LogP contribution >= 0.6 is 0 Å². The van der Waals surface area contributed by atoms with Gasteiger partial charge in [0.2, 0.25) is 24.0 Å². The normalized spacial score (nSPS) is 25.6. The number of ether oxygens (including phenoxy) is 3. The Morgan fingerprint density at radius 2 is 1.40 bits per heavy atom. The second-order valence-corrected chi connectivity index (χ2v) is 16.9. The maximum Gasteiger partial charge on any atom is 0.335 e. The molecule has 348 valence electrons. The van der Waals surface area contributed by atoms with Crippen LogP contribution in [0.15, 0.2) is 72.9 Å². The maximum atomic E-state index is 15.2. The van der Waals surface area contributed by atoms with Crippen LogP contribution in [0.5, 0.6) is 5.75 Å². The molecule has 0 saturated carbocycles. The van der Waals surface area contributed by atoms with E-state index in [2.05, 4.69) is 20.9 Å². The first-order valence-corrected chi connectivity index (χ1v) is 20.7. The van der Waals surface area contributed by atoms with E-state index in [9.17, 15) is 54.9 Å². The molecule has 0 radical (unpaired) electrons. The number of hydrogen-bond acceptors (Lipinski definition) is 15. The number of benzene rings is 3. The Balaban J connectivity index is 1.51. The van der Waals surface area contributed by atoms with Gasteiger partial charge in [0.1, 0.15) is 61.0 Å². The number of carbonyl (C=O) groups excluding carboxylic acids is 4. The zero-order valence-electron chi connectivity index (χ0n) is 36.1. The number of aliphatic hydroxyl groups is 6. The molecular formula is C45H53N5O15. The summed E-state index contributed by atoms with van der Waals surface area (Å²) < 4.78 is 18.1. The minimum absolute atomic E-state index is 0.0596. The van der Waals surface area contributed by atoms with Gasteiger partial charge in [-0.3, -0.25) is 24.2 Å². The minimum atomic E-state index is -1.76. The van der Waals surface area contributed by atoms with Crippen molar-refractivity contribution in [3.63, 3.8) is 0 Å².